The fourth-order valence-corrected chi connectivity index (χ4v) is 3.94. The third kappa shape index (κ3) is 2.91. The molecule has 0 spiro atoms. The van der Waals surface area contributed by atoms with E-state index in [-0.39, 0.29) is 0 Å². The van der Waals surface area contributed by atoms with Crippen molar-refractivity contribution in [3.05, 3.63) is 0 Å². The highest BCUT2D eigenvalue weighted by atomic mass is 15.2. The van der Waals surface area contributed by atoms with Gasteiger partial charge >= 0.3 is 0 Å². The molecule has 3 unspecified atom stereocenters. The summed E-state index contributed by atoms with van der Waals surface area (Å²) in [5, 5.41) is 3.66. The lowest BCUT2D eigenvalue weighted by atomic mass is 9.79. The summed E-state index contributed by atoms with van der Waals surface area (Å²) in [5.74, 6) is 0.753. The van der Waals surface area contributed by atoms with Crippen LogP contribution in [-0.2, 0) is 0 Å². The maximum atomic E-state index is 3.66. The second-order valence-corrected chi connectivity index (χ2v) is 6.03. The Morgan fingerprint density at radius 3 is 2.06 bits per heavy atom. The van der Waals surface area contributed by atoms with Crippen LogP contribution < -0.4 is 5.32 Å². The first-order valence-corrected chi connectivity index (χ1v) is 8.06. The minimum atomic E-state index is 0.435. The van der Waals surface area contributed by atoms with Crippen LogP contribution in [0.15, 0.2) is 0 Å². The zero-order chi connectivity index (χ0) is 13.8. The summed E-state index contributed by atoms with van der Waals surface area (Å²) in [6.07, 6.45) is 5.15. The third-order valence-electron chi connectivity index (χ3n) is 5.62. The zero-order valence-electron chi connectivity index (χ0n) is 13.4. The molecule has 108 valence electrons. The molecule has 1 saturated heterocycles. The minimum Gasteiger partial charge on any atom is -0.314 e. The first-order chi connectivity index (χ1) is 8.56. The zero-order valence-corrected chi connectivity index (χ0v) is 13.4. The van der Waals surface area contributed by atoms with Gasteiger partial charge in [-0.15, -0.1) is 0 Å². The van der Waals surface area contributed by atoms with Gasteiger partial charge in [-0.05, 0) is 45.1 Å². The Morgan fingerprint density at radius 1 is 1.06 bits per heavy atom. The highest BCUT2D eigenvalue weighted by Gasteiger charge is 2.41. The van der Waals surface area contributed by atoms with Crippen molar-refractivity contribution in [2.24, 2.45) is 5.92 Å². The molecule has 0 aliphatic carbocycles. The molecule has 3 atom stereocenters. The lowest BCUT2D eigenvalue weighted by Gasteiger charge is -2.52. The van der Waals surface area contributed by atoms with Gasteiger partial charge in [-0.2, -0.15) is 0 Å². The summed E-state index contributed by atoms with van der Waals surface area (Å²) in [4.78, 5) is 2.81. The molecular formula is C16H34N2. The van der Waals surface area contributed by atoms with Crippen molar-refractivity contribution in [3.8, 4) is 0 Å². The largest absolute Gasteiger partial charge is 0.314 e. The van der Waals surface area contributed by atoms with Crippen LogP contribution in [0.5, 0.6) is 0 Å². The van der Waals surface area contributed by atoms with E-state index in [0.29, 0.717) is 17.6 Å². The second kappa shape index (κ2) is 6.91. The fourth-order valence-electron chi connectivity index (χ4n) is 3.94. The average Bonchev–Trinajstić information content (AvgIpc) is 2.40. The van der Waals surface area contributed by atoms with Crippen molar-refractivity contribution in [1.82, 2.24) is 10.2 Å². The maximum Gasteiger partial charge on any atom is 0.0204 e. The summed E-state index contributed by atoms with van der Waals surface area (Å²) in [5.41, 5.74) is 0.435. The molecule has 1 heterocycles. The Morgan fingerprint density at radius 2 is 1.61 bits per heavy atom. The van der Waals surface area contributed by atoms with Crippen molar-refractivity contribution >= 4 is 0 Å². The van der Waals surface area contributed by atoms with Gasteiger partial charge in [-0.25, -0.2) is 0 Å². The Kier molecular flexibility index (Phi) is 6.13. The van der Waals surface area contributed by atoms with E-state index >= 15 is 0 Å². The third-order valence-corrected chi connectivity index (χ3v) is 5.62. The monoisotopic (exact) mass is 254 g/mol. The molecular weight excluding hydrogens is 220 g/mol. The second-order valence-electron chi connectivity index (χ2n) is 6.03. The normalized spacial score (nSPS) is 30.7. The number of nitrogens with zero attached hydrogens (tertiary/aromatic N) is 1. The van der Waals surface area contributed by atoms with Gasteiger partial charge < -0.3 is 5.32 Å². The van der Waals surface area contributed by atoms with Gasteiger partial charge in [-0.3, -0.25) is 4.90 Å². The van der Waals surface area contributed by atoms with E-state index in [1.165, 1.54) is 32.2 Å². The summed E-state index contributed by atoms with van der Waals surface area (Å²) in [7, 11) is 0. The van der Waals surface area contributed by atoms with Crippen LogP contribution in [0.3, 0.4) is 0 Å². The molecule has 1 fully saturated rings. The van der Waals surface area contributed by atoms with Crippen LogP contribution in [0.2, 0.25) is 0 Å². The first kappa shape index (κ1) is 16.0. The number of likely N-dealkylation sites (tertiary alicyclic amines) is 1. The molecule has 1 aliphatic heterocycles. The van der Waals surface area contributed by atoms with Gasteiger partial charge in [0.1, 0.15) is 0 Å². The topological polar surface area (TPSA) is 15.3 Å². The number of rotatable bonds is 6. The van der Waals surface area contributed by atoms with Crippen molar-refractivity contribution < 1.29 is 0 Å². The lowest BCUT2D eigenvalue weighted by molar-refractivity contribution is -0.0207. The predicted octanol–water partition coefficient (Wildman–Crippen LogP) is 3.66. The van der Waals surface area contributed by atoms with Gasteiger partial charge in [0.05, 0.1) is 0 Å². The molecule has 1 rings (SSSR count). The molecule has 0 aromatic rings. The molecule has 1 aliphatic rings. The number of hydrogen-bond acceptors (Lipinski definition) is 2. The van der Waals surface area contributed by atoms with Gasteiger partial charge in [0, 0.05) is 24.2 Å². The standard InChI is InChI=1S/C16H34N2/c1-7-16(8-2,9-3)18-12-11-15(17-10-4)13(5)14(18)6/h13-15,17H,7-12H2,1-6H3. The predicted molar refractivity (Wildman–Crippen MR) is 81.0 cm³/mol. The Balaban J connectivity index is 2.81. The van der Waals surface area contributed by atoms with E-state index in [2.05, 4.69) is 51.8 Å². The number of hydrogen-bond donors (Lipinski definition) is 1. The number of nitrogens with one attached hydrogen (secondary N) is 1. The number of piperidine rings is 1. The van der Waals surface area contributed by atoms with E-state index in [0.717, 1.165) is 12.5 Å². The minimum absolute atomic E-state index is 0.435. The first-order valence-electron chi connectivity index (χ1n) is 8.06. The molecule has 18 heavy (non-hydrogen) atoms. The van der Waals surface area contributed by atoms with E-state index in [4.69, 9.17) is 0 Å². The summed E-state index contributed by atoms with van der Waals surface area (Å²) in [6.45, 7) is 16.5. The lowest BCUT2D eigenvalue weighted by Crippen LogP contribution is -2.61. The van der Waals surface area contributed by atoms with E-state index < -0.39 is 0 Å². The van der Waals surface area contributed by atoms with E-state index in [1.54, 1.807) is 0 Å². The van der Waals surface area contributed by atoms with Crippen LogP contribution in [0, 0.1) is 5.92 Å². The van der Waals surface area contributed by atoms with Crippen LogP contribution in [0.25, 0.3) is 0 Å². The Hall–Kier alpha value is -0.0800. The van der Waals surface area contributed by atoms with Gasteiger partial charge in [0.25, 0.3) is 0 Å². The molecule has 2 nitrogen and oxygen atoms in total. The molecule has 2 heteroatoms. The highest BCUT2D eigenvalue weighted by Crippen LogP contribution is 2.35. The van der Waals surface area contributed by atoms with Crippen molar-refractivity contribution in [2.45, 2.75) is 84.8 Å². The van der Waals surface area contributed by atoms with Crippen LogP contribution >= 0.6 is 0 Å². The quantitative estimate of drug-likeness (QED) is 0.778. The van der Waals surface area contributed by atoms with Crippen LogP contribution in [-0.4, -0.2) is 35.6 Å². The molecule has 0 aromatic heterocycles. The highest BCUT2D eigenvalue weighted by molar-refractivity contribution is 4.97. The summed E-state index contributed by atoms with van der Waals surface area (Å²) < 4.78 is 0. The molecule has 0 aromatic carbocycles. The van der Waals surface area contributed by atoms with Gasteiger partial charge in [0.2, 0.25) is 0 Å². The molecule has 0 saturated carbocycles. The van der Waals surface area contributed by atoms with Crippen molar-refractivity contribution in [3.63, 3.8) is 0 Å². The summed E-state index contributed by atoms with van der Waals surface area (Å²) in [6, 6.07) is 1.41. The maximum absolute atomic E-state index is 3.66. The SMILES string of the molecule is CCNC1CCN(C(CC)(CC)CC)C(C)C1C. The molecule has 0 radical (unpaired) electrons. The van der Waals surface area contributed by atoms with E-state index in [9.17, 15) is 0 Å². The molecule has 0 amide bonds. The van der Waals surface area contributed by atoms with Crippen LogP contribution in [0.1, 0.15) is 67.2 Å². The molecule has 1 N–H and O–H groups in total. The fraction of sp³-hybridized carbons (Fsp3) is 1.00. The Bertz CT molecular complexity index is 227. The summed E-state index contributed by atoms with van der Waals surface area (Å²) >= 11 is 0. The smallest absolute Gasteiger partial charge is 0.0204 e. The van der Waals surface area contributed by atoms with E-state index in [1.807, 2.05) is 0 Å². The van der Waals surface area contributed by atoms with Crippen molar-refractivity contribution in [2.75, 3.05) is 13.1 Å². The van der Waals surface area contributed by atoms with Crippen molar-refractivity contribution in [1.29, 1.82) is 0 Å². The van der Waals surface area contributed by atoms with Crippen LogP contribution in [0.4, 0.5) is 0 Å². The average molecular weight is 254 g/mol. The Labute approximate surface area is 115 Å². The molecule has 0 bridgehead atoms. The van der Waals surface area contributed by atoms with Gasteiger partial charge in [-0.1, -0.05) is 34.6 Å². The van der Waals surface area contributed by atoms with Gasteiger partial charge in [0.15, 0.2) is 0 Å².